The first kappa shape index (κ1) is 32.3. The zero-order chi connectivity index (χ0) is 32.7. The predicted molar refractivity (Wildman–Crippen MR) is 153 cm³/mol. The number of hydrogen-bond acceptors (Lipinski definition) is 14. The predicted octanol–water partition coefficient (Wildman–Crippen LogP) is 1.70. The molecule has 14 heteroatoms. The molecule has 1 saturated heterocycles. The van der Waals surface area contributed by atoms with Crippen molar-refractivity contribution in [2.75, 3.05) is 6.61 Å². The van der Waals surface area contributed by atoms with Gasteiger partial charge in [0.1, 0.15) is 36.4 Å². The standard InChI is InChI=1S/C31H28O14/c32-19-7-1-16(2-8-19)5-11-24(36)42-15-23-27(39)28(40)29(44-25(37)12-6-17-3-9-20(33)10-4-17)31(43-23)45-30(41)18-13-21(34)26(38)22(35)14-18/h1-14,23,27-29,31-35,38-40H,15H2. The van der Waals surface area contributed by atoms with E-state index in [1.54, 1.807) is 0 Å². The van der Waals surface area contributed by atoms with Crippen LogP contribution in [0, 0.1) is 0 Å². The van der Waals surface area contributed by atoms with E-state index in [2.05, 4.69) is 0 Å². The van der Waals surface area contributed by atoms with Crippen LogP contribution in [0.5, 0.6) is 28.7 Å². The molecular weight excluding hydrogens is 596 g/mol. The van der Waals surface area contributed by atoms with Crippen LogP contribution < -0.4 is 0 Å². The molecule has 7 N–H and O–H groups in total. The summed E-state index contributed by atoms with van der Waals surface area (Å²) < 4.78 is 21.2. The first-order valence-corrected chi connectivity index (χ1v) is 13.2. The molecule has 1 fully saturated rings. The molecule has 5 unspecified atom stereocenters. The minimum Gasteiger partial charge on any atom is -0.508 e. The van der Waals surface area contributed by atoms with Gasteiger partial charge in [-0.05, 0) is 59.7 Å². The maximum absolute atomic E-state index is 12.9. The zero-order valence-corrected chi connectivity index (χ0v) is 23.2. The quantitative estimate of drug-likeness (QED) is 0.0778. The van der Waals surface area contributed by atoms with Crippen molar-refractivity contribution in [3.05, 3.63) is 89.5 Å². The Morgan fingerprint density at radius 3 is 1.76 bits per heavy atom. The molecule has 0 aliphatic carbocycles. The van der Waals surface area contributed by atoms with E-state index in [1.165, 1.54) is 60.7 Å². The number of esters is 3. The number of aromatic hydroxyl groups is 5. The summed E-state index contributed by atoms with van der Waals surface area (Å²) in [7, 11) is 0. The van der Waals surface area contributed by atoms with E-state index < -0.39 is 78.0 Å². The van der Waals surface area contributed by atoms with Crippen molar-refractivity contribution in [2.24, 2.45) is 0 Å². The molecule has 0 saturated carbocycles. The second kappa shape index (κ2) is 14.3. The van der Waals surface area contributed by atoms with Crippen LogP contribution in [0.4, 0.5) is 0 Å². The average Bonchev–Trinajstić information content (AvgIpc) is 3.01. The van der Waals surface area contributed by atoms with Crippen LogP contribution in [0.15, 0.2) is 72.8 Å². The van der Waals surface area contributed by atoms with Gasteiger partial charge in [-0.15, -0.1) is 0 Å². The van der Waals surface area contributed by atoms with E-state index >= 15 is 0 Å². The summed E-state index contributed by atoms with van der Waals surface area (Å²) >= 11 is 0. The van der Waals surface area contributed by atoms with Crippen molar-refractivity contribution in [2.45, 2.75) is 30.7 Å². The molecule has 236 valence electrons. The van der Waals surface area contributed by atoms with Gasteiger partial charge in [0.15, 0.2) is 23.4 Å². The van der Waals surface area contributed by atoms with E-state index in [-0.39, 0.29) is 11.5 Å². The number of aliphatic hydroxyl groups excluding tert-OH is 2. The van der Waals surface area contributed by atoms with Gasteiger partial charge in [-0.3, -0.25) is 0 Å². The second-order valence-electron chi connectivity index (χ2n) is 9.67. The molecule has 0 spiro atoms. The van der Waals surface area contributed by atoms with Crippen LogP contribution in [0.1, 0.15) is 21.5 Å². The largest absolute Gasteiger partial charge is 0.508 e. The summed E-state index contributed by atoms with van der Waals surface area (Å²) in [5.41, 5.74) is 0.602. The lowest BCUT2D eigenvalue weighted by Gasteiger charge is -2.40. The van der Waals surface area contributed by atoms with Crippen LogP contribution in [0.2, 0.25) is 0 Å². The number of ether oxygens (including phenoxy) is 4. The van der Waals surface area contributed by atoms with E-state index in [0.29, 0.717) is 11.1 Å². The summed E-state index contributed by atoms with van der Waals surface area (Å²) in [5, 5.41) is 69.4. The molecule has 3 aromatic rings. The van der Waals surface area contributed by atoms with Gasteiger partial charge in [-0.2, -0.15) is 0 Å². The molecule has 45 heavy (non-hydrogen) atoms. The van der Waals surface area contributed by atoms with Gasteiger partial charge in [0.05, 0.1) is 5.56 Å². The van der Waals surface area contributed by atoms with Crippen molar-refractivity contribution in [3.63, 3.8) is 0 Å². The molecule has 1 aliphatic heterocycles. The molecule has 0 aromatic heterocycles. The molecular formula is C31H28O14. The Kier molecular flexibility index (Phi) is 10.3. The molecule has 0 bridgehead atoms. The summed E-state index contributed by atoms with van der Waals surface area (Å²) in [6.07, 6.45) is -4.21. The van der Waals surface area contributed by atoms with E-state index in [9.17, 15) is 50.1 Å². The Morgan fingerprint density at radius 1 is 0.711 bits per heavy atom. The number of benzene rings is 3. The Bertz CT molecular complexity index is 1550. The minimum atomic E-state index is -1.93. The molecule has 4 rings (SSSR count). The number of rotatable bonds is 9. The molecule has 5 atom stereocenters. The third-order valence-corrected chi connectivity index (χ3v) is 6.43. The van der Waals surface area contributed by atoms with Gasteiger partial charge in [0, 0.05) is 12.2 Å². The fourth-order valence-corrected chi connectivity index (χ4v) is 4.04. The smallest absolute Gasteiger partial charge is 0.340 e. The number of aliphatic hydroxyl groups is 2. The van der Waals surface area contributed by atoms with E-state index in [1.807, 2.05) is 0 Å². The first-order valence-electron chi connectivity index (χ1n) is 13.2. The van der Waals surface area contributed by atoms with Crippen molar-refractivity contribution in [1.29, 1.82) is 0 Å². The average molecular weight is 625 g/mol. The van der Waals surface area contributed by atoms with Gasteiger partial charge in [-0.1, -0.05) is 24.3 Å². The van der Waals surface area contributed by atoms with Crippen LogP contribution in [0.25, 0.3) is 12.2 Å². The topological polar surface area (TPSA) is 230 Å². The van der Waals surface area contributed by atoms with Gasteiger partial charge in [0.25, 0.3) is 0 Å². The lowest BCUT2D eigenvalue weighted by molar-refractivity contribution is -0.289. The SMILES string of the molecule is O=C(C=Cc1ccc(O)cc1)OCC1OC(OC(=O)c2cc(O)c(O)c(O)c2)C(OC(=O)C=Cc2ccc(O)cc2)C(O)C1O. The lowest BCUT2D eigenvalue weighted by Crippen LogP contribution is -2.61. The zero-order valence-electron chi connectivity index (χ0n) is 23.2. The van der Waals surface area contributed by atoms with Crippen molar-refractivity contribution in [1.82, 2.24) is 0 Å². The number of phenols is 5. The first-order chi connectivity index (χ1) is 21.4. The van der Waals surface area contributed by atoms with Crippen molar-refractivity contribution < 1.29 is 69.1 Å². The Morgan fingerprint density at radius 2 is 1.22 bits per heavy atom. The number of phenolic OH excluding ortho intramolecular Hbond substituents is 5. The number of carbonyl (C=O) groups is 3. The normalized spacial score (nSPS) is 21.4. The minimum absolute atomic E-state index is 0.000267. The highest BCUT2D eigenvalue weighted by Crippen LogP contribution is 2.36. The molecule has 3 aromatic carbocycles. The van der Waals surface area contributed by atoms with Crippen LogP contribution in [-0.2, 0) is 28.5 Å². The van der Waals surface area contributed by atoms with Crippen molar-refractivity contribution >= 4 is 30.1 Å². The monoisotopic (exact) mass is 624 g/mol. The summed E-state index contributed by atoms with van der Waals surface area (Å²) in [6, 6.07) is 13.2. The lowest BCUT2D eigenvalue weighted by atomic mass is 9.99. The summed E-state index contributed by atoms with van der Waals surface area (Å²) in [4.78, 5) is 37.7. The van der Waals surface area contributed by atoms with Crippen LogP contribution in [-0.4, -0.2) is 91.0 Å². The fourth-order valence-electron chi connectivity index (χ4n) is 4.04. The van der Waals surface area contributed by atoms with E-state index in [0.717, 1.165) is 24.3 Å². The molecule has 14 nitrogen and oxygen atoms in total. The maximum atomic E-state index is 12.9. The fraction of sp³-hybridized carbons (Fsp3) is 0.194. The highest BCUT2D eigenvalue weighted by Gasteiger charge is 2.49. The Labute approximate surface area is 254 Å². The molecule has 0 amide bonds. The molecule has 1 heterocycles. The summed E-state index contributed by atoms with van der Waals surface area (Å²) in [6.45, 7) is -0.646. The van der Waals surface area contributed by atoms with Crippen LogP contribution >= 0.6 is 0 Å². The molecule has 1 aliphatic rings. The van der Waals surface area contributed by atoms with Crippen LogP contribution in [0.3, 0.4) is 0 Å². The number of hydrogen-bond donors (Lipinski definition) is 7. The number of carbonyl (C=O) groups excluding carboxylic acids is 3. The Hall–Kier alpha value is -5.57. The van der Waals surface area contributed by atoms with E-state index in [4.69, 9.17) is 18.9 Å². The molecule has 0 radical (unpaired) electrons. The second-order valence-corrected chi connectivity index (χ2v) is 9.67. The highest BCUT2D eigenvalue weighted by molar-refractivity contribution is 5.91. The van der Waals surface area contributed by atoms with Gasteiger partial charge in [0.2, 0.25) is 6.29 Å². The van der Waals surface area contributed by atoms with Gasteiger partial charge >= 0.3 is 17.9 Å². The highest BCUT2D eigenvalue weighted by atomic mass is 16.7. The Balaban J connectivity index is 1.49. The third kappa shape index (κ3) is 8.51. The summed E-state index contributed by atoms with van der Waals surface area (Å²) in [5.74, 6) is -5.75. The van der Waals surface area contributed by atoms with Gasteiger partial charge < -0.3 is 54.7 Å². The van der Waals surface area contributed by atoms with Crippen molar-refractivity contribution in [3.8, 4) is 28.7 Å². The van der Waals surface area contributed by atoms with Gasteiger partial charge in [-0.25, -0.2) is 14.4 Å². The maximum Gasteiger partial charge on any atom is 0.340 e. The third-order valence-electron chi connectivity index (χ3n) is 6.43.